The number of aromatic nitrogens is 2. The summed E-state index contributed by atoms with van der Waals surface area (Å²) >= 11 is 5.89. The molecule has 0 aliphatic carbocycles. The molecule has 0 saturated carbocycles. The first kappa shape index (κ1) is 18.1. The molecule has 0 aliphatic rings. The minimum atomic E-state index is -0.744. The van der Waals surface area contributed by atoms with Crippen LogP contribution in [0.5, 0.6) is 0 Å². The van der Waals surface area contributed by atoms with Gasteiger partial charge in [0.15, 0.2) is 5.76 Å². The zero-order chi connectivity index (χ0) is 19.4. The molecular weight excluding hydrogens is 378 g/mol. The molecule has 1 amide bonds. The largest absolute Gasteiger partial charge is 0.452 e. The van der Waals surface area contributed by atoms with Crippen LogP contribution in [-0.4, -0.2) is 34.1 Å². The minimum absolute atomic E-state index is 0.175. The summed E-state index contributed by atoms with van der Waals surface area (Å²) < 4.78 is 11.2. The van der Waals surface area contributed by atoms with E-state index in [0.29, 0.717) is 22.0 Å². The Balaban J connectivity index is 2.01. The summed E-state index contributed by atoms with van der Waals surface area (Å²) in [5.74, 6) is -0.240. The number of nitro groups is 1. The number of amides is 1. The van der Waals surface area contributed by atoms with Crippen LogP contribution in [0.15, 0.2) is 52.1 Å². The monoisotopic (exact) mass is 389 g/mol. The lowest BCUT2D eigenvalue weighted by atomic mass is 10.2. The Labute approximate surface area is 157 Å². The SMILES string of the molecule is COC(=O)NN=Cc1cn(-c2ccc(Cl)cc2)nc1-c1ccc([N+](=O)[O-])o1. The zero-order valence-corrected chi connectivity index (χ0v) is 14.6. The van der Waals surface area contributed by atoms with Gasteiger partial charge in [0.05, 0.1) is 25.1 Å². The molecule has 1 N–H and O–H groups in total. The number of benzene rings is 1. The maximum absolute atomic E-state index is 11.1. The quantitative estimate of drug-likeness (QED) is 0.405. The van der Waals surface area contributed by atoms with Gasteiger partial charge in [-0.05, 0) is 30.3 Å². The number of methoxy groups -OCH3 is 1. The lowest BCUT2D eigenvalue weighted by molar-refractivity contribution is -0.401. The number of ether oxygens (including phenoxy) is 1. The highest BCUT2D eigenvalue weighted by Gasteiger charge is 2.19. The van der Waals surface area contributed by atoms with E-state index in [1.807, 2.05) is 0 Å². The fourth-order valence-corrected chi connectivity index (χ4v) is 2.28. The molecule has 138 valence electrons. The summed E-state index contributed by atoms with van der Waals surface area (Å²) in [5.41, 5.74) is 3.60. The van der Waals surface area contributed by atoms with Crippen LogP contribution < -0.4 is 5.43 Å². The Morgan fingerprint density at radius 1 is 1.37 bits per heavy atom. The molecule has 0 saturated heterocycles. The smallest absolute Gasteiger partial charge is 0.433 e. The van der Waals surface area contributed by atoms with Gasteiger partial charge in [0, 0.05) is 16.8 Å². The molecule has 0 aliphatic heterocycles. The standard InChI is InChI=1S/C16H12ClN5O5/c1-26-16(23)19-18-8-10-9-21(12-4-2-11(17)3-5-12)20-15(10)13-6-7-14(27-13)22(24)25/h2-9H,1H3,(H,19,23). The topological polar surface area (TPSA) is 125 Å². The van der Waals surface area contributed by atoms with Crippen molar-refractivity contribution in [3.05, 3.63) is 63.3 Å². The van der Waals surface area contributed by atoms with Crippen molar-refractivity contribution < 1.29 is 18.9 Å². The van der Waals surface area contributed by atoms with Crippen LogP contribution in [0.4, 0.5) is 10.7 Å². The molecule has 27 heavy (non-hydrogen) atoms. The molecule has 3 aromatic rings. The van der Waals surface area contributed by atoms with Crippen molar-refractivity contribution in [3.8, 4) is 17.1 Å². The van der Waals surface area contributed by atoms with Gasteiger partial charge in [0.1, 0.15) is 10.6 Å². The number of rotatable bonds is 5. The van der Waals surface area contributed by atoms with Crippen LogP contribution >= 0.6 is 11.6 Å². The lowest BCUT2D eigenvalue weighted by Crippen LogP contribution is -2.16. The van der Waals surface area contributed by atoms with Crippen LogP contribution in [0.25, 0.3) is 17.1 Å². The summed E-state index contributed by atoms with van der Waals surface area (Å²) in [4.78, 5) is 21.3. The summed E-state index contributed by atoms with van der Waals surface area (Å²) in [5, 5.41) is 19.6. The van der Waals surface area contributed by atoms with E-state index in [0.717, 1.165) is 0 Å². The Morgan fingerprint density at radius 2 is 2.11 bits per heavy atom. The predicted octanol–water partition coefficient (Wildman–Crippen LogP) is 3.38. The van der Waals surface area contributed by atoms with Crippen molar-refractivity contribution in [1.82, 2.24) is 15.2 Å². The molecule has 0 bridgehead atoms. The van der Waals surface area contributed by atoms with Crippen LogP contribution in [0.1, 0.15) is 5.56 Å². The first-order valence-corrected chi connectivity index (χ1v) is 7.83. The van der Waals surface area contributed by atoms with Crippen molar-refractivity contribution >= 4 is 29.8 Å². The second-order valence-electron chi connectivity index (χ2n) is 5.11. The average Bonchev–Trinajstić information content (AvgIpc) is 3.29. The van der Waals surface area contributed by atoms with Gasteiger partial charge in [0.25, 0.3) is 0 Å². The third-order valence-corrected chi connectivity index (χ3v) is 3.64. The van der Waals surface area contributed by atoms with Crippen molar-refractivity contribution in [2.75, 3.05) is 7.11 Å². The van der Waals surface area contributed by atoms with E-state index in [9.17, 15) is 14.9 Å². The van der Waals surface area contributed by atoms with E-state index in [2.05, 4.69) is 20.4 Å². The number of hydrogen-bond acceptors (Lipinski definition) is 7. The van der Waals surface area contributed by atoms with E-state index in [1.54, 1.807) is 30.5 Å². The zero-order valence-electron chi connectivity index (χ0n) is 13.8. The Hall–Kier alpha value is -3.66. The van der Waals surface area contributed by atoms with Gasteiger partial charge in [-0.2, -0.15) is 10.2 Å². The van der Waals surface area contributed by atoms with Crippen LogP contribution in [0, 0.1) is 10.1 Å². The molecule has 0 atom stereocenters. The maximum Gasteiger partial charge on any atom is 0.433 e. The van der Waals surface area contributed by atoms with Gasteiger partial charge in [0.2, 0.25) is 0 Å². The van der Waals surface area contributed by atoms with Gasteiger partial charge in [-0.15, -0.1) is 0 Å². The summed E-state index contributed by atoms with van der Waals surface area (Å²) in [6.45, 7) is 0. The third-order valence-electron chi connectivity index (χ3n) is 3.38. The van der Waals surface area contributed by atoms with Crippen LogP contribution in [-0.2, 0) is 4.74 Å². The number of carbonyl (C=O) groups excluding carboxylic acids is 1. The number of halogens is 1. The van der Waals surface area contributed by atoms with Gasteiger partial charge >= 0.3 is 12.0 Å². The molecule has 11 heteroatoms. The number of hydrogen-bond donors (Lipinski definition) is 1. The number of furan rings is 1. The number of carbonyl (C=O) groups is 1. The molecule has 0 unspecified atom stereocenters. The van der Waals surface area contributed by atoms with E-state index < -0.39 is 16.9 Å². The normalized spacial score (nSPS) is 10.9. The van der Waals surface area contributed by atoms with Crippen molar-refractivity contribution in [1.29, 1.82) is 0 Å². The van der Waals surface area contributed by atoms with E-state index in [1.165, 1.54) is 30.1 Å². The van der Waals surface area contributed by atoms with E-state index >= 15 is 0 Å². The number of hydrazone groups is 1. The van der Waals surface area contributed by atoms with Gasteiger partial charge in [-0.3, -0.25) is 10.1 Å². The highest BCUT2D eigenvalue weighted by atomic mass is 35.5. The van der Waals surface area contributed by atoms with Gasteiger partial charge in [-0.1, -0.05) is 11.6 Å². The molecule has 2 heterocycles. The van der Waals surface area contributed by atoms with Crippen molar-refractivity contribution in [3.63, 3.8) is 0 Å². The number of nitrogens with zero attached hydrogens (tertiary/aromatic N) is 4. The molecule has 10 nitrogen and oxygen atoms in total. The molecule has 3 rings (SSSR count). The fraction of sp³-hybridized carbons (Fsp3) is 0.0625. The Kier molecular flexibility index (Phi) is 5.18. The molecule has 1 aromatic carbocycles. The Bertz CT molecular complexity index is 1010. The highest BCUT2D eigenvalue weighted by molar-refractivity contribution is 6.30. The highest BCUT2D eigenvalue weighted by Crippen LogP contribution is 2.28. The molecule has 0 spiro atoms. The second kappa shape index (κ2) is 7.70. The first-order chi connectivity index (χ1) is 13.0. The predicted molar refractivity (Wildman–Crippen MR) is 96.1 cm³/mol. The molecule has 0 fully saturated rings. The van der Waals surface area contributed by atoms with E-state index in [-0.39, 0.29) is 5.76 Å². The average molecular weight is 390 g/mol. The van der Waals surface area contributed by atoms with Crippen molar-refractivity contribution in [2.24, 2.45) is 5.10 Å². The van der Waals surface area contributed by atoms with Crippen molar-refractivity contribution in [2.45, 2.75) is 0 Å². The number of nitrogens with one attached hydrogen (secondary N) is 1. The van der Waals surface area contributed by atoms with Crippen LogP contribution in [0.2, 0.25) is 5.02 Å². The molecular formula is C16H12ClN5O5. The first-order valence-electron chi connectivity index (χ1n) is 7.45. The summed E-state index contributed by atoms with van der Waals surface area (Å²) in [6.07, 6.45) is 2.20. The van der Waals surface area contributed by atoms with Gasteiger partial charge < -0.3 is 9.15 Å². The van der Waals surface area contributed by atoms with E-state index in [4.69, 9.17) is 16.0 Å². The Morgan fingerprint density at radius 3 is 2.74 bits per heavy atom. The maximum atomic E-state index is 11.1. The second-order valence-corrected chi connectivity index (χ2v) is 5.55. The third kappa shape index (κ3) is 4.12. The summed E-state index contributed by atoms with van der Waals surface area (Å²) in [6, 6.07) is 9.54. The van der Waals surface area contributed by atoms with Crippen LogP contribution in [0.3, 0.4) is 0 Å². The fourth-order valence-electron chi connectivity index (χ4n) is 2.15. The lowest BCUT2D eigenvalue weighted by Gasteiger charge is -2.00. The molecule has 2 aromatic heterocycles. The van der Waals surface area contributed by atoms with Gasteiger partial charge in [-0.25, -0.2) is 14.9 Å². The molecule has 0 radical (unpaired) electrons. The minimum Gasteiger partial charge on any atom is -0.452 e. The summed E-state index contributed by atoms with van der Waals surface area (Å²) in [7, 11) is 1.21.